The Morgan fingerprint density at radius 2 is 2.06 bits per heavy atom. The van der Waals surface area contributed by atoms with Gasteiger partial charge in [0.25, 0.3) is 11.8 Å². The Balaban J connectivity index is 1.55. The molecule has 2 aliphatic rings. The van der Waals surface area contributed by atoms with Crippen LogP contribution in [-0.4, -0.2) is 52.1 Å². The number of carbonyl (C=O) groups excluding carboxylic acids is 2. The number of nitrogens with one attached hydrogen (secondary N) is 1. The molecule has 1 aromatic carbocycles. The standard InChI is InChI=1S/C24H25ClFN7O2/c1-32(2)23(35)17-16(27)4-3-14(20(17)26)15-9-29-22-18(19(15)25)24(11-30-22)6-5-13(7-24)33-10-12(8-31-33)21(28)34/h3-4,8-10,13H,5-7,11,27H2,1-2H3,(H2,28,34)(H,29,30)/t13-,24+/m1/s1. The predicted molar refractivity (Wildman–Crippen MR) is 131 cm³/mol. The summed E-state index contributed by atoms with van der Waals surface area (Å²) in [5.41, 5.74) is 12.6. The summed E-state index contributed by atoms with van der Waals surface area (Å²) >= 11 is 6.95. The second-order valence-electron chi connectivity index (χ2n) is 9.40. The highest BCUT2D eigenvalue weighted by molar-refractivity contribution is 6.34. The minimum absolute atomic E-state index is 0.0492. The molecule has 2 atom stereocenters. The Bertz CT molecular complexity index is 1370. The van der Waals surface area contributed by atoms with Crippen molar-refractivity contribution in [2.75, 3.05) is 31.7 Å². The lowest BCUT2D eigenvalue weighted by molar-refractivity contribution is 0.0824. The van der Waals surface area contributed by atoms with E-state index in [-0.39, 0.29) is 28.3 Å². The number of pyridine rings is 1. The van der Waals surface area contributed by atoms with E-state index >= 15 is 4.39 Å². The van der Waals surface area contributed by atoms with Gasteiger partial charge in [-0.05, 0) is 31.4 Å². The first kappa shape index (κ1) is 23.1. The molecule has 35 heavy (non-hydrogen) atoms. The molecule has 182 valence electrons. The molecule has 1 saturated carbocycles. The van der Waals surface area contributed by atoms with Crippen LogP contribution in [0.3, 0.4) is 0 Å². The number of hydrogen-bond acceptors (Lipinski definition) is 6. The van der Waals surface area contributed by atoms with Gasteiger partial charge in [-0.25, -0.2) is 9.37 Å². The monoisotopic (exact) mass is 497 g/mol. The molecule has 3 aromatic rings. The molecule has 0 radical (unpaired) electrons. The first-order valence-electron chi connectivity index (χ1n) is 11.2. The van der Waals surface area contributed by atoms with Crippen LogP contribution in [0, 0.1) is 5.82 Å². The number of halogens is 2. The summed E-state index contributed by atoms with van der Waals surface area (Å²) in [6, 6.07) is 3.08. The fourth-order valence-corrected chi connectivity index (χ4v) is 5.69. The minimum Gasteiger partial charge on any atom is -0.398 e. The van der Waals surface area contributed by atoms with Gasteiger partial charge in [0.15, 0.2) is 0 Å². The number of aromatic nitrogens is 3. The van der Waals surface area contributed by atoms with Crippen LogP contribution in [0.4, 0.5) is 15.9 Å². The van der Waals surface area contributed by atoms with Crippen LogP contribution in [0.2, 0.25) is 5.02 Å². The molecule has 2 amide bonds. The van der Waals surface area contributed by atoms with E-state index in [0.717, 1.165) is 18.4 Å². The number of primary amides is 1. The average molecular weight is 498 g/mol. The predicted octanol–water partition coefficient (Wildman–Crippen LogP) is 3.21. The van der Waals surface area contributed by atoms with Gasteiger partial charge in [-0.3, -0.25) is 14.3 Å². The molecule has 2 aromatic heterocycles. The van der Waals surface area contributed by atoms with Crippen LogP contribution in [-0.2, 0) is 5.41 Å². The van der Waals surface area contributed by atoms with E-state index in [1.54, 1.807) is 10.9 Å². The van der Waals surface area contributed by atoms with E-state index in [1.807, 2.05) is 0 Å². The summed E-state index contributed by atoms with van der Waals surface area (Å²) in [7, 11) is 3.07. The van der Waals surface area contributed by atoms with Gasteiger partial charge in [0, 0.05) is 60.8 Å². The summed E-state index contributed by atoms with van der Waals surface area (Å²) in [5, 5.41) is 8.06. The number of hydrogen-bond donors (Lipinski definition) is 3. The molecule has 3 heterocycles. The zero-order chi connectivity index (χ0) is 25.1. The van der Waals surface area contributed by atoms with Crippen molar-refractivity contribution in [3.63, 3.8) is 0 Å². The topological polar surface area (TPSA) is 132 Å². The number of amides is 2. The van der Waals surface area contributed by atoms with E-state index in [1.165, 1.54) is 43.5 Å². The van der Waals surface area contributed by atoms with Crippen LogP contribution < -0.4 is 16.8 Å². The second kappa shape index (κ2) is 8.23. The molecule has 11 heteroatoms. The van der Waals surface area contributed by atoms with Gasteiger partial charge in [0.05, 0.1) is 28.4 Å². The average Bonchev–Trinajstić information content (AvgIpc) is 3.54. The van der Waals surface area contributed by atoms with Crippen molar-refractivity contribution in [1.29, 1.82) is 0 Å². The molecule has 5 rings (SSSR count). The quantitative estimate of drug-likeness (QED) is 0.474. The first-order valence-corrected chi connectivity index (χ1v) is 11.6. The number of carbonyl (C=O) groups is 2. The van der Waals surface area contributed by atoms with Gasteiger partial charge >= 0.3 is 0 Å². The highest BCUT2D eigenvalue weighted by Gasteiger charge is 2.48. The van der Waals surface area contributed by atoms with Gasteiger partial charge < -0.3 is 21.7 Å². The van der Waals surface area contributed by atoms with Gasteiger partial charge in [-0.15, -0.1) is 0 Å². The third-order valence-corrected chi connectivity index (χ3v) is 7.46. The highest BCUT2D eigenvalue weighted by atomic mass is 35.5. The molecule has 1 aliphatic carbocycles. The summed E-state index contributed by atoms with van der Waals surface area (Å²) in [5.74, 6) is -1.12. The van der Waals surface area contributed by atoms with Gasteiger partial charge in [0.1, 0.15) is 11.6 Å². The lowest BCUT2D eigenvalue weighted by atomic mass is 9.80. The van der Waals surface area contributed by atoms with Gasteiger partial charge in [0.2, 0.25) is 0 Å². The molecule has 9 nitrogen and oxygen atoms in total. The summed E-state index contributed by atoms with van der Waals surface area (Å²) in [4.78, 5) is 29.9. The SMILES string of the molecule is CN(C)C(=O)c1c(N)ccc(-c2cnc3c(c2Cl)[C@]2(CC[C@@H](n4cc(C(N)=O)cn4)C2)CN3)c1F. The van der Waals surface area contributed by atoms with E-state index in [4.69, 9.17) is 23.1 Å². The third kappa shape index (κ3) is 3.59. The van der Waals surface area contributed by atoms with Crippen molar-refractivity contribution >= 4 is 34.9 Å². The summed E-state index contributed by atoms with van der Waals surface area (Å²) < 4.78 is 17.4. The fraction of sp³-hybridized carbons (Fsp3) is 0.333. The fourth-order valence-electron chi connectivity index (χ4n) is 5.25. The summed E-state index contributed by atoms with van der Waals surface area (Å²) in [6.45, 7) is 0.632. The number of benzene rings is 1. The number of nitrogen functional groups attached to an aromatic ring is 1. The Kier molecular flexibility index (Phi) is 5.43. The maximum atomic E-state index is 15.6. The van der Waals surface area contributed by atoms with Crippen LogP contribution >= 0.6 is 11.6 Å². The highest BCUT2D eigenvalue weighted by Crippen LogP contribution is 2.54. The van der Waals surface area contributed by atoms with E-state index in [9.17, 15) is 9.59 Å². The number of fused-ring (bicyclic) bond motifs is 2. The lowest BCUT2D eigenvalue weighted by Gasteiger charge is -2.25. The van der Waals surface area contributed by atoms with Crippen LogP contribution in [0.1, 0.15) is 51.6 Å². The van der Waals surface area contributed by atoms with Crippen molar-refractivity contribution in [3.8, 4) is 11.1 Å². The molecule has 0 saturated heterocycles. The van der Waals surface area contributed by atoms with E-state index in [0.29, 0.717) is 34.9 Å². The summed E-state index contributed by atoms with van der Waals surface area (Å²) in [6.07, 6.45) is 7.00. The van der Waals surface area contributed by atoms with Crippen molar-refractivity contribution < 1.29 is 14.0 Å². The normalized spacial score (nSPS) is 20.6. The zero-order valence-corrected chi connectivity index (χ0v) is 20.1. The maximum absolute atomic E-state index is 15.6. The van der Waals surface area contributed by atoms with Crippen molar-refractivity contribution in [3.05, 3.63) is 58.3 Å². The molecule has 5 N–H and O–H groups in total. The Morgan fingerprint density at radius 1 is 1.29 bits per heavy atom. The number of rotatable bonds is 4. The number of anilines is 2. The molecule has 1 spiro atoms. The van der Waals surface area contributed by atoms with Gasteiger partial charge in [-0.2, -0.15) is 5.10 Å². The zero-order valence-electron chi connectivity index (χ0n) is 19.3. The second-order valence-corrected chi connectivity index (χ2v) is 9.78. The molecule has 1 aliphatic heterocycles. The molecule has 0 unspecified atom stereocenters. The molecular formula is C24H25ClFN7O2. The van der Waals surface area contributed by atoms with E-state index in [2.05, 4.69) is 15.4 Å². The minimum atomic E-state index is -0.729. The van der Waals surface area contributed by atoms with Crippen LogP contribution in [0.25, 0.3) is 11.1 Å². The smallest absolute Gasteiger partial charge is 0.258 e. The largest absolute Gasteiger partial charge is 0.398 e. The Morgan fingerprint density at radius 3 is 2.74 bits per heavy atom. The molecule has 0 bridgehead atoms. The van der Waals surface area contributed by atoms with Crippen molar-refractivity contribution in [1.82, 2.24) is 19.7 Å². The Hall–Kier alpha value is -3.66. The van der Waals surface area contributed by atoms with E-state index < -0.39 is 17.6 Å². The maximum Gasteiger partial charge on any atom is 0.258 e. The number of nitrogens with two attached hydrogens (primary N) is 2. The Labute approximate surface area is 206 Å². The van der Waals surface area contributed by atoms with Crippen LogP contribution in [0.5, 0.6) is 0 Å². The van der Waals surface area contributed by atoms with Crippen LogP contribution in [0.15, 0.2) is 30.7 Å². The molecular weight excluding hydrogens is 473 g/mol. The molecule has 1 fully saturated rings. The van der Waals surface area contributed by atoms with Crippen molar-refractivity contribution in [2.45, 2.75) is 30.7 Å². The van der Waals surface area contributed by atoms with Gasteiger partial charge in [-0.1, -0.05) is 11.6 Å². The van der Waals surface area contributed by atoms with Crippen molar-refractivity contribution in [2.24, 2.45) is 5.73 Å². The lowest BCUT2D eigenvalue weighted by Crippen LogP contribution is -2.26. The first-order chi connectivity index (χ1) is 16.6. The number of nitrogens with zero attached hydrogens (tertiary/aromatic N) is 4. The third-order valence-electron chi connectivity index (χ3n) is 7.07.